The van der Waals surface area contributed by atoms with Crippen LogP contribution in [0, 0.1) is 10.1 Å². The molecule has 8 nitrogen and oxygen atoms in total. The summed E-state index contributed by atoms with van der Waals surface area (Å²) in [6.45, 7) is 2.43. The molecule has 0 saturated carbocycles. The van der Waals surface area contributed by atoms with Crippen molar-refractivity contribution >= 4 is 34.3 Å². The molecule has 0 amide bonds. The second-order valence-corrected chi connectivity index (χ2v) is 6.36. The Labute approximate surface area is 161 Å². The normalized spacial score (nSPS) is 14.5. The summed E-state index contributed by atoms with van der Waals surface area (Å²) in [7, 11) is 0. The lowest BCUT2D eigenvalue weighted by atomic mass is 10.1. The first kappa shape index (κ1) is 17.9. The number of para-hydroxylation sites is 1. The minimum Gasteiger partial charge on any atom is -0.378 e. The van der Waals surface area contributed by atoms with Crippen LogP contribution in [0.4, 0.5) is 17.2 Å². The number of hydrazone groups is 1. The van der Waals surface area contributed by atoms with Crippen molar-refractivity contribution in [2.24, 2.45) is 5.10 Å². The second-order valence-electron chi connectivity index (χ2n) is 6.36. The lowest BCUT2D eigenvalue weighted by molar-refractivity contribution is -0.384. The third kappa shape index (κ3) is 3.91. The maximum Gasteiger partial charge on any atom is 0.293 e. The lowest BCUT2D eigenvalue weighted by Gasteiger charge is -2.28. The van der Waals surface area contributed by atoms with E-state index in [2.05, 4.69) is 15.5 Å². The largest absolute Gasteiger partial charge is 0.378 e. The molecule has 1 fully saturated rings. The molecule has 28 heavy (non-hydrogen) atoms. The number of nitro benzene ring substituents is 1. The van der Waals surface area contributed by atoms with E-state index in [-0.39, 0.29) is 10.6 Å². The molecule has 0 atom stereocenters. The molecule has 1 aliphatic heterocycles. The van der Waals surface area contributed by atoms with Crippen LogP contribution in [0.15, 0.2) is 59.7 Å². The van der Waals surface area contributed by atoms with Crippen molar-refractivity contribution in [3.63, 3.8) is 0 Å². The fraction of sp³-hybridized carbons (Fsp3) is 0.200. The van der Waals surface area contributed by atoms with Gasteiger partial charge in [0, 0.05) is 30.1 Å². The number of nitrogens with zero attached hydrogens (tertiary/aromatic N) is 4. The van der Waals surface area contributed by atoms with Crippen LogP contribution in [0.25, 0.3) is 10.9 Å². The van der Waals surface area contributed by atoms with Crippen LogP contribution >= 0.6 is 0 Å². The molecule has 8 heteroatoms. The Morgan fingerprint density at radius 1 is 1.14 bits per heavy atom. The van der Waals surface area contributed by atoms with Crippen molar-refractivity contribution in [3.05, 3.63) is 70.3 Å². The monoisotopic (exact) mass is 377 g/mol. The average molecular weight is 377 g/mol. The number of morpholine rings is 1. The predicted octanol–water partition coefficient (Wildman–Crippen LogP) is 3.43. The maximum atomic E-state index is 11.5. The van der Waals surface area contributed by atoms with Crippen molar-refractivity contribution in [2.45, 2.75) is 0 Å². The Kier molecular flexibility index (Phi) is 5.11. The Balaban J connectivity index is 1.51. The number of hydrogen-bond acceptors (Lipinski definition) is 7. The van der Waals surface area contributed by atoms with Crippen molar-refractivity contribution in [1.82, 2.24) is 4.98 Å². The zero-order valence-electron chi connectivity index (χ0n) is 15.1. The first-order valence-corrected chi connectivity index (χ1v) is 8.97. The van der Waals surface area contributed by atoms with Gasteiger partial charge in [0.25, 0.3) is 5.69 Å². The Bertz CT molecular complexity index is 1030. The molecule has 142 valence electrons. The fourth-order valence-electron chi connectivity index (χ4n) is 3.14. The lowest BCUT2D eigenvalue weighted by Crippen LogP contribution is -2.36. The van der Waals surface area contributed by atoms with E-state index in [1.165, 1.54) is 6.07 Å². The minimum absolute atomic E-state index is 0.0645. The summed E-state index contributed by atoms with van der Waals surface area (Å²) in [6, 6.07) is 16.7. The SMILES string of the molecule is O=[N+]([O-])c1cc(/C=N\Nc2ccc3ccccc3n2)ccc1N1CCOCC1. The van der Waals surface area contributed by atoms with Gasteiger partial charge in [-0.05, 0) is 24.3 Å². The molecule has 2 aromatic carbocycles. The summed E-state index contributed by atoms with van der Waals surface area (Å²) in [4.78, 5) is 17.6. The fourth-order valence-corrected chi connectivity index (χ4v) is 3.14. The molecule has 0 bridgehead atoms. The number of benzene rings is 2. The molecule has 0 unspecified atom stereocenters. The smallest absolute Gasteiger partial charge is 0.293 e. The third-order valence-corrected chi connectivity index (χ3v) is 4.54. The standard InChI is InChI=1S/C20H19N5O3/c26-25(27)19-13-15(5-7-18(19)24-9-11-28-12-10-24)14-21-23-20-8-6-16-3-1-2-4-17(16)22-20/h1-8,13-14H,9-12H2,(H,22,23)/b21-14-. The van der Waals surface area contributed by atoms with E-state index in [0.29, 0.717) is 43.4 Å². The maximum absolute atomic E-state index is 11.5. The molecule has 1 aromatic heterocycles. The summed E-state index contributed by atoms with van der Waals surface area (Å²) < 4.78 is 5.32. The molecular formula is C20H19N5O3. The summed E-state index contributed by atoms with van der Waals surface area (Å²) in [5.41, 5.74) is 5.05. The van der Waals surface area contributed by atoms with Crippen molar-refractivity contribution in [2.75, 3.05) is 36.6 Å². The summed E-state index contributed by atoms with van der Waals surface area (Å²) >= 11 is 0. The molecule has 1 saturated heterocycles. The average Bonchev–Trinajstić information content (AvgIpc) is 2.74. The molecule has 1 aliphatic rings. The van der Waals surface area contributed by atoms with Crippen LogP contribution in [0.2, 0.25) is 0 Å². The van der Waals surface area contributed by atoms with E-state index >= 15 is 0 Å². The van der Waals surface area contributed by atoms with E-state index in [1.807, 2.05) is 47.4 Å². The summed E-state index contributed by atoms with van der Waals surface area (Å²) in [5.74, 6) is 0.606. The number of nitro groups is 1. The highest BCUT2D eigenvalue weighted by molar-refractivity contribution is 5.84. The summed E-state index contributed by atoms with van der Waals surface area (Å²) in [6.07, 6.45) is 1.55. The quantitative estimate of drug-likeness (QED) is 0.416. The Morgan fingerprint density at radius 2 is 1.96 bits per heavy atom. The van der Waals surface area contributed by atoms with E-state index in [9.17, 15) is 10.1 Å². The number of anilines is 2. The molecule has 4 rings (SSSR count). The Hall–Kier alpha value is -3.52. The first-order chi connectivity index (χ1) is 13.7. The number of nitrogens with one attached hydrogen (secondary N) is 1. The van der Waals surface area contributed by atoms with Gasteiger partial charge >= 0.3 is 0 Å². The van der Waals surface area contributed by atoms with E-state index in [1.54, 1.807) is 12.3 Å². The molecule has 3 aromatic rings. The van der Waals surface area contributed by atoms with E-state index < -0.39 is 0 Å². The highest BCUT2D eigenvalue weighted by Crippen LogP contribution is 2.29. The molecule has 1 N–H and O–H groups in total. The minimum atomic E-state index is -0.361. The van der Waals surface area contributed by atoms with Crippen LogP contribution in [0.5, 0.6) is 0 Å². The van der Waals surface area contributed by atoms with E-state index in [0.717, 1.165) is 10.9 Å². The van der Waals surface area contributed by atoms with Crippen molar-refractivity contribution < 1.29 is 9.66 Å². The molecule has 0 radical (unpaired) electrons. The van der Waals surface area contributed by atoms with Gasteiger partial charge in [0.15, 0.2) is 0 Å². The molecule has 0 aliphatic carbocycles. The van der Waals surface area contributed by atoms with Crippen molar-refractivity contribution in [1.29, 1.82) is 0 Å². The highest BCUT2D eigenvalue weighted by atomic mass is 16.6. The van der Waals surface area contributed by atoms with Gasteiger partial charge in [-0.1, -0.05) is 24.3 Å². The number of ether oxygens (including phenoxy) is 1. The van der Waals surface area contributed by atoms with Gasteiger partial charge < -0.3 is 9.64 Å². The van der Waals surface area contributed by atoms with Gasteiger partial charge in [0.1, 0.15) is 11.5 Å². The zero-order valence-corrected chi connectivity index (χ0v) is 15.1. The number of rotatable bonds is 5. The number of fused-ring (bicyclic) bond motifs is 1. The topological polar surface area (TPSA) is 92.9 Å². The molecule has 0 spiro atoms. The number of pyridine rings is 1. The van der Waals surface area contributed by atoms with Crippen LogP contribution in [0.3, 0.4) is 0 Å². The van der Waals surface area contributed by atoms with Gasteiger partial charge in [0.05, 0.1) is 29.9 Å². The van der Waals surface area contributed by atoms with E-state index in [4.69, 9.17) is 4.74 Å². The van der Waals surface area contributed by atoms with Gasteiger partial charge in [-0.25, -0.2) is 4.98 Å². The molecule has 2 heterocycles. The van der Waals surface area contributed by atoms with Crippen molar-refractivity contribution in [3.8, 4) is 0 Å². The number of hydrogen-bond donors (Lipinski definition) is 1. The van der Waals surface area contributed by atoms with Gasteiger partial charge in [-0.15, -0.1) is 0 Å². The third-order valence-electron chi connectivity index (χ3n) is 4.54. The summed E-state index contributed by atoms with van der Waals surface area (Å²) in [5, 5.41) is 16.7. The number of aromatic nitrogens is 1. The predicted molar refractivity (Wildman–Crippen MR) is 109 cm³/mol. The Morgan fingerprint density at radius 3 is 2.79 bits per heavy atom. The van der Waals surface area contributed by atoms with Crippen LogP contribution in [0.1, 0.15) is 5.56 Å². The van der Waals surface area contributed by atoms with Crippen LogP contribution in [-0.4, -0.2) is 42.4 Å². The van der Waals surface area contributed by atoms with Gasteiger partial charge in [-0.2, -0.15) is 5.10 Å². The second kappa shape index (κ2) is 8.01. The van der Waals surface area contributed by atoms with Crippen LogP contribution < -0.4 is 10.3 Å². The zero-order chi connectivity index (χ0) is 19.3. The van der Waals surface area contributed by atoms with Gasteiger partial charge in [0.2, 0.25) is 0 Å². The van der Waals surface area contributed by atoms with Crippen LogP contribution in [-0.2, 0) is 4.74 Å². The molecular weight excluding hydrogens is 358 g/mol. The first-order valence-electron chi connectivity index (χ1n) is 8.97. The van der Waals surface area contributed by atoms with Gasteiger partial charge in [-0.3, -0.25) is 15.5 Å². The highest BCUT2D eigenvalue weighted by Gasteiger charge is 2.21.